The van der Waals surface area contributed by atoms with Gasteiger partial charge in [0, 0.05) is 5.75 Å². The van der Waals surface area contributed by atoms with E-state index in [0.717, 1.165) is 11.5 Å². The number of hydrogen-bond donors (Lipinski definition) is 2. The Morgan fingerprint density at radius 3 is 2.91 bits per heavy atom. The predicted molar refractivity (Wildman–Crippen MR) is 47.8 cm³/mol. The fourth-order valence-corrected chi connectivity index (χ4v) is 1.25. The Labute approximate surface area is 70.7 Å². The monoisotopic (exact) mass is 175 g/mol. The molecular formula is C7H13NO2S. The first kappa shape index (κ1) is 10.5. The molecule has 0 radical (unpaired) electrons. The zero-order chi connectivity index (χ0) is 8.69. The van der Waals surface area contributed by atoms with Gasteiger partial charge in [0.25, 0.3) is 0 Å². The van der Waals surface area contributed by atoms with Crippen LogP contribution in [0.4, 0.5) is 0 Å². The number of aliphatic carboxylic acids is 1. The lowest BCUT2D eigenvalue weighted by molar-refractivity contribution is -0.138. The van der Waals surface area contributed by atoms with E-state index in [4.69, 9.17) is 10.8 Å². The normalized spacial score (nSPS) is 12.5. The lowest BCUT2D eigenvalue weighted by atomic mass is 10.2. The maximum atomic E-state index is 10.2. The fraction of sp³-hybridized carbons (Fsp3) is 0.571. The molecule has 0 spiro atoms. The highest BCUT2D eigenvalue weighted by atomic mass is 32.2. The van der Waals surface area contributed by atoms with Crippen LogP contribution in [0.1, 0.15) is 6.42 Å². The van der Waals surface area contributed by atoms with E-state index in [1.807, 2.05) is 0 Å². The molecule has 3 N–H and O–H groups in total. The van der Waals surface area contributed by atoms with Crippen molar-refractivity contribution in [3.63, 3.8) is 0 Å². The molecule has 3 nitrogen and oxygen atoms in total. The largest absolute Gasteiger partial charge is 0.480 e. The minimum Gasteiger partial charge on any atom is -0.480 e. The van der Waals surface area contributed by atoms with E-state index in [-0.39, 0.29) is 0 Å². The minimum atomic E-state index is -0.927. The van der Waals surface area contributed by atoms with E-state index < -0.39 is 12.0 Å². The van der Waals surface area contributed by atoms with Gasteiger partial charge in [-0.2, -0.15) is 11.8 Å². The minimum absolute atomic E-state index is 0.522. The summed E-state index contributed by atoms with van der Waals surface area (Å²) in [4.78, 5) is 10.2. The van der Waals surface area contributed by atoms with E-state index >= 15 is 0 Å². The summed E-state index contributed by atoms with van der Waals surface area (Å²) in [6.45, 7) is 3.54. The summed E-state index contributed by atoms with van der Waals surface area (Å²) < 4.78 is 0. The highest BCUT2D eigenvalue weighted by Crippen LogP contribution is 2.03. The molecule has 1 atom stereocenters. The van der Waals surface area contributed by atoms with Crippen molar-refractivity contribution in [2.75, 3.05) is 11.5 Å². The van der Waals surface area contributed by atoms with Crippen LogP contribution in [0.3, 0.4) is 0 Å². The van der Waals surface area contributed by atoms with Crippen molar-refractivity contribution in [3.05, 3.63) is 12.7 Å². The Morgan fingerprint density at radius 2 is 2.45 bits per heavy atom. The third kappa shape index (κ3) is 5.94. The van der Waals surface area contributed by atoms with Crippen LogP contribution < -0.4 is 5.73 Å². The van der Waals surface area contributed by atoms with Crippen LogP contribution in [-0.2, 0) is 4.79 Å². The smallest absolute Gasteiger partial charge is 0.320 e. The topological polar surface area (TPSA) is 63.3 Å². The van der Waals surface area contributed by atoms with E-state index in [1.54, 1.807) is 17.8 Å². The zero-order valence-corrected chi connectivity index (χ0v) is 7.14. The van der Waals surface area contributed by atoms with Crippen LogP contribution in [0, 0.1) is 0 Å². The van der Waals surface area contributed by atoms with Gasteiger partial charge in [-0.1, -0.05) is 6.08 Å². The number of nitrogens with two attached hydrogens (primary N) is 1. The number of carbonyl (C=O) groups is 1. The molecule has 0 aromatic heterocycles. The van der Waals surface area contributed by atoms with Crippen molar-refractivity contribution in [2.45, 2.75) is 12.5 Å². The Bertz CT molecular complexity index is 138. The van der Waals surface area contributed by atoms with Crippen molar-refractivity contribution in [1.82, 2.24) is 0 Å². The van der Waals surface area contributed by atoms with E-state index in [0.29, 0.717) is 6.42 Å². The molecule has 0 rings (SSSR count). The molecule has 4 heteroatoms. The number of thioether (sulfide) groups is 1. The molecule has 0 aliphatic heterocycles. The fourth-order valence-electron chi connectivity index (χ4n) is 0.500. The maximum Gasteiger partial charge on any atom is 0.320 e. The first-order chi connectivity index (χ1) is 5.18. The first-order valence-corrected chi connectivity index (χ1v) is 4.51. The quantitative estimate of drug-likeness (QED) is 0.461. The lowest BCUT2D eigenvalue weighted by Gasteiger charge is -2.03. The number of carboxylic acid groups (broad SMARTS) is 1. The second-order valence-electron chi connectivity index (χ2n) is 2.10. The van der Waals surface area contributed by atoms with Crippen molar-refractivity contribution in [1.29, 1.82) is 0 Å². The second-order valence-corrected chi connectivity index (χ2v) is 3.25. The van der Waals surface area contributed by atoms with Crippen LogP contribution in [0.2, 0.25) is 0 Å². The van der Waals surface area contributed by atoms with Gasteiger partial charge in [0.1, 0.15) is 6.04 Å². The van der Waals surface area contributed by atoms with Crippen molar-refractivity contribution in [3.8, 4) is 0 Å². The van der Waals surface area contributed by atoms with Crippen LogP contribution >= 0.6 is 11.8 Å². The van der Waals surface area contributed by atoms with Gasteiger partial charge in [0.15, 0.2) is 0 Å². The summed E-state index contributed by atoms with van der Waals surface area (Å²) in [5.74, 6) is 0.704. The van der Waals surface area contributed by atoms with Gasteiger partial charge in [0.2, 0.25) is 0 Å². The standard InChI is InChI=1S/C7H13NO2S/c1-2-4-11-5-3-6(8)7(9)10/h2,6H,1,3-5,8H2,(H,9,10)/t6-/m1/s1. The van der Waals surface area contributed by atoms with E-state index in [2.05, 4.69) is 6.58 Å². The molecule has 0 bridgehead atoms. The molecule has 0 saturated heterocycles. The van der Waals surface area contributed by atoms with E-state index in [9.17, 15) is 4.79 Å². The maximum absolute atomic E-state index is 10.2. The third-order valence-corrected chi connectivity index (χ3v) is 2.12. The van der Waals surface area contributed by atoms with Crippen LogP contribution in [0.25, 0.3) is 0 Å². The number of carboxylic acids is 1. The van der Waals surface area contributed by atoms with Gasteiger partial charge in [0.05, 0.1) is 0 Å². The summed E-state index contributed by atoms with van der Waals surface area (Å²) in [5, 5.41) is 8.38. The molecular weight excluding hydrogens is 162 g/mol. The Kier molecular flexibility index (Phi) is 5.97. The average molecular weight is 175 g/mol. The summed E-state index contributed by atoms with van der Waals surface area (Å²) >= 11 is 1.64. The van der Waals surface area contributed by atoms with Crippen molar-refractivity contribution >= 4 is 17.7 Å². The van der Waals surface area contributed by atoms with Gasteiger partial charge in [-0.05, 0) is 12.2 Å². The van der Waals surface area contributed by atoms with Gasteiger partial charge in [-0.25, -0.2) is 0 Å². The van der Waals surface area contributed by atoms with Crippen LogP contribution in [0.5, 0.6) is 0 Å². The van der Waals surface area contributed by atoms with Crippen LogP contribution in [-0.4, -0.2) is 28.6 Å². The Balaban J connectivity index is 3.24. The molecule has 0 unspecified atom stereocenters. The number of rotatable bonds is 6. The highest BCUT2D eigenvalue weighted by Gasteiger charge is 2.09. The summed E-state index contributed by atoms with van der Waals surface area (Å²) in [5.41, 5.74) is 5.26. The lowest BCUT2D eigenvalue weighted by Crippen LogP contribution is -2.30. The molecule has 0 aliphatic rings. The number of hydrogen-bond acceptors (Lipinski definition) is 3. The Hall–Kier alpha value is -0.480. The molecule has 11 heavy (non-hydrogen) atoms. The molecule has 64 valence electrons. The Morgan fingerprint density at radius 1 is 1.82 bits per heavy atom. The summed E-state index contributed by atoms with van der Waals surface area (Å²) in [6.07, 6.45) is 2.31. The second kappa shape index (κ2) is 6.24. The molecule has 0 aliphatic carbocycles. The SMILES string of the molecule is C=CCSCC[C@@H](N)C(=O)O. The molecule has 0 amide bonds. The van der Waals surface area contributed by atoms with Gasteiger partial charge in [-0.3, -0.25) is 4.79 Å². The van der Waals surface area contributed by atoms with E-state index in [1.165, 1.54) is 0 Å². The molecule has 0 heterocycles. The van der Waals surface area contributed by atoms with Gasteiger partial charge < -0.3 is 10.8 Å². The first-order valence-electron chi connectivity index (χ1n) is 3.35. The average Bonchev–Trinajstić information content (AvgIpc) is 1.97. The molecule has 0 aromatic carbocycles. The molecule has 0 saturated carbocycles. The molecule has 0 aromatic rings. The predicted octanol–water partition coefficient (Wildman–Crippen LogP) is 0.708. The summed E-state index contributed by atoms with van der Waals surface area (Å²) in [6, 6.07) is -0.715. The van der Waals surface area contributed by atoms with Crippen molar-refractivity contribution < 1.29 is 9.90 Å². The molecule has 0 fully saturated rings. The summed E-state index contributed by atoms with van der Waals surface area (Å²) in [7, 11) is 0. The van der Waals surface area contributed by atoms with Crippen molar-refractivity contribution in [2.24, 2.45) is 5.73 Å². The highest BCUT2D eigenvalue weighted by molar-refractivity contribution is 7.99. The van der Waals surface area contributed by atoms with Gasteiger partial charge >= 0.3 is 5.97 Å². The van der Waals surface area contributed by atoms with Gasteiger partial charge in [-0.15, -0.1) is 6.58 Å². The van der Waals surface area contributed by atoms with Crippen LogP contribution in [0.15, 0.2) is 12.7 Å². The zero-order valence-electron chi connectivity index (χ0n) is 6.32. The third-order valence-electron chi connectivity index (χ3n) is 1.13.